The molecule has 8 N–H and O–H groups in total. The number of fused-ring (bicyclic) bond motifs is 8. The van der Waals surface area contributed by atoms with Crippen LogP contribution in [0, 0.1) is 0 Å². The molecule has 1 aliphatic heterocycles. The standard InChI is InChI=1S/C68H76N8O4/c1-37(77)69-47-19-17-20-48(70-38(2)78)61(47)63-55-27-23-51(73-55)59(41-31-43(65(5,6)7)35-44(32-41)66(8,9)10)53-25-29-57(75-53)64(62-49(71-39(3)79)21-18-22-50(62)72-40(4)80)58-30-26-54(76-58)60(52-24-28-56(63)74-52)42-33-45(67(11,12)13)36-46(34-42)68(14,15)16/h17-36,73-76H,1-16H3,(H,69,77)(H,70,78)(H,71,79)(H,72,80). The molecule has 0 saturated carbocycles. The number of rotatable bonds is 8. The van der Waals surface area contributed by atoms with Crippen molar-refractivity contribution in [2.45, 2.75) is 132 Å². The van der Waals surface area contributed by atoms with Gasteiger partial charge in [0.25, 0.3) is 0 Å². The summed E-state index contributed by atoms with van der Waals surface area (Å²) >= 11 is 0. The molecule has 0 spiro atoms. The van der Waals surface area contributed by atoms with Crippen LogP contribution in [0.4, 0.5) is 22.7 Å². The highest BCUT2D eigenvalue weighted by atomic mass is 16.2. The highest BCUT2D eigenvalue weighted by Crippen LogP contribution is 2.40. The van der Waals surface area contributed by atoms with Crippen LogP contribution in [0.15, 0.2) is 121 Å². The molecule has 8 bridgehead atoms. The highest BCUT2D eigenvalue weighted by molar-refractivity contribution is 6.03. The SMILES string of the molecule is CC(=O)Nc1cccc(NC(C)=O)c1C1=c2ccc([nH]2)=C(c2cc(C(C)(C)C)cc(C(C)(C)C)c2)c2ccc([nH]2)C(c2c(NC(C)=O)cccc2NC(C)=O)=c2ccc([nH]2)=C(c2cc(C(C)(C)C)cc(C(C)(C)C)c2)c2ccc1[nH]2. The maximum Gasteiger partial charge on any atom is 0.221 e. The molecule has 0 radical (unpaired) electrons. The first kappa shape index (κ1) is 56.1. The van der Waals surface area contributed by atoms with Crippen molar-refractivity contribution in [3.05, 3.63) is 210 Å². The van der Waals surface area contributed by atoms with E-state index in [4.69, 9.17) is 0 Å². The molecule has 12 heteroatoms. The fraction of sp³-hybridized carbons (Fsp3) is 0.294. The largest absolute Gasteiger partial charge is 0.354 e. The lowest BCUT2D eigenvalue weighted by molar-refractivity contribution is -0.115. The fourth-order valence-corrected chi connectivity index (χ4v) is 10.6. The van der Waals surface area contributed by atoms with Crippen LogP contribution in [-0.4, -0.2) is 43.6 Å². The van der Waals surface area contributed by atoms with Crippen molar-refractivity contribution in [3.63, 3.8) is 0 Å². The number of carbonyl (C=O) groups is 4. The van der Waals surface area contributed by atoms with Crippen LogP contribution in [-0.2, 0) is 40.8 Å². The van der Waals surface area contributed by atoms with Crippen LogP contribution in [0.3, 0.4) is 0 Å². The lowest BCUT2D eigenvalue weighted by Crippen LogP contribution is -2.22. The maximum absolute atomic E-state index is 13.2. The van der Waals surface area contributed by atoms with E-state index in [-0.39, 0.29) is 45.3 Å². The van der Waals surface area contributed by atoms with Crippen LogP contribution in [0.2, 0.25) is 0 Å². The number of anilines is 4. The van der Waals surface area contributed by atoms with Crippen molar-refractivity contribution in [3.8, 4) is 0 Å². The zero-order valence-corrected chi connectivity index (χ0v) is 49.2. The van der Waals surface area contributed by atoms with E-state index in [9.17, 15) is 19.2 Å². The number of hydrogen-bond acceptors (Lipinski definition) is 4. The minimum Gasteiger partial charge on any atom is -0.354 e. The predicted octanol–water partition coefficient (Wildman–Crippen LogP) is 11.3. The first-order valence-corrected chi connectivity index (χ1v) is 27.4. The molecule has 4 aromatic carbocycles. The third kappa shape index (κ3) is 11.6. The Morgan fingerprint density at radius 1 is 0.312 bits per heavy atom. The number of nitrogens with one attached hydrogen (secondary N) is 8. The van der Waals surface area contributed by atoms with Crippen LogP contribution in [0.1, 0.15) is 178 Å². The van der Waals surface area contributed by atoms with Crippen molar-refractivity contribution in [1.82, 2.24) is 19.9 Å². The topological polar surface area (TPSA) is 180 Å². The summed E-state index contributed by atoms with van der Waals surface area (Å²) in [7, 11) is 0. The summed E-state index contributed by atoms with van der Waals surface area (Å²) in [5.74, 6) is -1.06. The molecule has 12 nitrogen and oxygen atoms in total. The quantitative estimate of drug-likeness (QED) is 0.0755. The molecule has 5 heterocycles. The van der Waals surface area contributed by atoms with E-state index in [0.29, 0.717) is 67.1 Å². The van der Waals surface area contributed by atoms with Crippen molar-refractivity contribution < 1.29 is 19.2 Å². The molecule has 4 aromatic heterocycles. The molecule has 0 unspecified atom stereocenters. The lowest BCUT2D eigenvalue weighted by atomic mass is 9.78. The Labute approximate surface area is 469 Å². The molecular formula is C68H76N8O4. The molecule has 0 fully saturated rings. The zero-order valence-electron chi connectivity index (χ0n) is 49.2. The Hall–Kier alpha value is -8.64. The van der Waals surface area contributed by atoms with E-state index < -0.39 is 0 Å². The Balaban J connectivity index is 1.54. The van der Waals surface area contributed by atoms with Gasteiger partial charge in [0.1, 0.15) is 0 Å². The van der Waals surface area contributed by atoms with Crippen LogP contribution < -0.4 is 42.7 Å². The Morgan fingerprint density at radius 2 is 0.550 bits per heavy atom. The van der Waals surface area contributed by atoms with Gasteiger partial charge in [0.05, 0.1) is 22.7 Å². The second-order valence-electron chi connectivity index (χ2n) is 25.4. The summed E-state index contributed by atoms with van der Waals surface area (Å²) in [5.41, 5.74) is 15.2. The maximum atomic E-state index is 13.2. The van der Waals surface area contributed by atoms with Crippen molar-refractivity contribution in [2.24, 2.45) is 0 Å². The summed E-state index contributed by atoms with van der Waals surface area (Å²) in [4.78, 5) is 68.2. The molecule has 0 saturated heterocycles. The van der Waals surface area contributed by atoms with Gasteiger partial charge in [0.2, 0.25) is 23.6 Å². The van der Waals surface area contributed by atoms with Gasteiger partial charge in [-0.2, -0.15) is 0 Å². The van der Waals surface area contributed by atoms with Crippen molar-refractivity contribution >= 4 is 68.7 Å². The van der Waals surface area contributed by atoms with E-state index in [1.54, 1.807) is 0 Å². The molecule has 9 rings (SSSR count). The fourth-order valence-electron chi connectivity index (χ4n) is 10.6. The third-order valence-electron chi connectivity index (χ3n) is 14.7. The normalized spacial score (nSPS) is 13.1. The van der Waals surface area contributed by atoms with Gasteiger partial charge >= 0.3 is 0 Å². The highest BCUT2D eigenvalue weighted by Gasteiger charge is 2.28. The molecule has 412 valence electrons. The lowest BCUT2D eigenvalue weighted by Gasteiger charge is -2.26. The Morgan fingerprint density at radius 3 is 0.787 bits per heavy atom. The van der Waals surface area contributed by atoms with E-state index in [2.05, 4.69) is 209 Å². The number of aromatic amines is 4. The Bertz CT molecular complexity index is 3670. The second-order valence-corrected chi connectivity index (χ2v) is 25.4. The predicted molar refractivity (Wildman–Crippen MR) is 326 cm³/mol. The molecule has 8 aromatic rings. The van der Waals surface area contributed by atoms with Crippen LogP contribution in [0.25, 0.3) is 22.3 Å². The first-order valence-electron chi connectivity index (χ1n) is 27.4. The van der Waals surface area contributed by atoms with Gasteiger partial charge < -0.3 is 41.2 Å². The molecule has 0 atom stereocenters. The van der Waals surface area contributed by atoms with Gasteiger partial charge in [-0.1, -0.05) is 132 Å². The summed E-state index contributed by atoms with van der Waals surface area (Å²) in [6, 6.07) is 41.3. The van der Waals surface area contributed by atoms with Crippen molar-refractivity contribution in [1.29, 1.82) is 0 Å². The Kier molecular flexibility index (Phi) is 14.6. The van der Waals surface area contributed by atoms with Crippen molar-refractivity contribution in [2.75, 3.05) is 21.3 Å². The van der Waals surface area contributed by atoms with E-state index >= 15 is 0 Å². The summed E-state index contributed by atoms with van der Waals surface area (Å²) in [6.45, 7) is 32.6. The minimum atomic E-state index is -0.266. The van der Waals surface area contributed by atoms with Gasteiger partial charge in [-0.3, -0.25) is 19.2 Å². The average Bonchev–Trinajstić information content (AvgIpc) is 4.23. The first-order chi connectivity index (χ1) is 37.4. The monoisotopic (exact) mass is 1070 g/mol. The summed E-state index contributed by atoms with van der Waals surface area (Å²) in [6.07, 6.45) is 0. The number of benzene rings is 4. The average molecular weight is 1070 g/mol. The van der Waals surface area contributed by atoms with Crippen LogP contribution in [0.5, 0.6) is 0 Å². The molecule has 4 amide bonds. The molecule has 1 aliphatic rings. The summed E-state index contributed by atoms with van der Waals surface area (Å²) in [5, 5.41) is 15.4. The number of hydrogen-bond donors (Lipinski definition) is 8. The van der Waals surface area contributed by atoms with E-state index in [1.807, 2.05) is 36.4 Å². The van der Waals surface area contributed by atoms with Gasteiger partial charge in [0, 0.05) is 105 Å². The number of aromatic nitrogens is 4. The molecule has 80 heavy (non-hydrogen) atoms. The number of amides is 4. The number of carbonyl (C=O) groups excluding carboxylic acids is 4. The minimum absolute atomic E-state index is 0.214. The van der Waals surface area contributed by atoms with E-state index in [1.165, 1.54) is 49.9 Å². The van der Waals surface area contributed by atoms with Crippen LogP contribution >= 0.6 is 0 Å². The van der Waals surface area contributed by atoms with Gasteiger partial charge in [-0.25, -0.2) is 0 Å². The second kappa shape index (κ2) is 20.9. The smallest absolute Gasteiger partial charge is 0.221 e. The number of H-pyrrole nitrogens is 4. The molecular weight excluding hydrogens is 993 g/mol. The zero-order chi connectivity index (χ0) is 58.0. The van der Waals surface area contributed by atoms with Gasteiger partial charge in [-0.05, 0) is 128 Å². The van der Waals surface area contributed by atoms with Gasteiger partial charge in [-0.15, -0.1) is 0 Å². The van der Waals surface area contributed by atoms with Gasteiger partial charge in [0.15, 0.2) is 0 Å². The molecule has 0 aliphatic carbocycles. The third-order valence-corrected chi connectivity index (χ3v) is 14.7. The van der Waals surface area contributed by atoms with E-state index in [0.717, 1.165) is 44.4 Å². The summed E-state index contributed by atoms with van der Waals surface area (Å²) < 4.78 is 0.